The Balaban J connectivity index is 0.000000101. The number of hydrogen-bond acceptors (Lipinski definition) is 3. The lowest BCUT2D eigenvalue weighted by Crippen LogP contribution is -1.93. The fourth-order valence-corrected chi connectivity index (χ4v) is 25.3. The molecule has 6 nitrogen and oxygen atoms in total. The average molecular weight is 1770 g/mol. The van der Waals surface area contributed by atoms with Crippen molar-refractivity contribution in [2.45, 2.75) is 0 Å². The van der Waals surface area contributed by atoms with Crippen LogP contribution in [0.2, 0.25) is 0 Å². The lowest BCUT2D eigenvalue weighted by atomic mass is 9.99. The van der Waals surface area contributed by atoms with Gasteiger partial charge in [0.05, 0.1) is 66.2 Å². The molecule has 0 amide bonds. The highest BCUT2D eigenvalue weighted by atomic mass is 32.1. The molecule has 0 bridgehead atoms. The zero-order chi connectivity index (χ0) is 88.5. The van der Waals surface area contributed by atoms with Crippen molar-refractivity contribution in [2.75, 3.05) is 0 Å². The second-order valence-electron chi connectivity index (χ2n) is 35.3. The zero-order valence-electron chi connectivity index (χ0n) is 72.9. The van der Waals surface area contributed by atoms with E-state index in [9.17, 15) is 0 Å². The number of para-hydroxylation sites is 9. The van der Waals surface area contributed by atoms with Crippen LogP contribution < -0.4 is 0 Å². The Labute approximate surface area is 787 Å². The summed E-state index contributed by atoms with van der Waals surface area (Å²) in [6.45, 7) is 0. The van der Waals surface area contributed by atoms with Gasteiger partial charge in [-0.2, -0.15) is 0 Å². The Kier molecular flexibility index (Phi) is 17.6. The van der Waals surface area contributed by atoms with Crippen LogP contribution in [0, 0.1) is 0 Å². The van der Waals surface area contributed by atoms with Gasteiger partial charge in [-0.05, 0) is 252 Å². The van der Waals surface area contributed by atoms with Crippen LogP contribution in [0.5, 0.6) is 0 Å². The van der Waals surface area contributed by atoms with Gasteiger partial charge < -0.3 is 27.4 Å². The molecule has 0 unspecified atom stereocenters. The number of nitrogens with zero attached hydrogens (tertiary/aromatic N) is 6. The molecule has 0 radical (unpaired) electrons. The van der Waals surface area contributed by atoms with Crippen LogP contribution in [-0.4, -0.2) is 27.4 Å². The summed E-state index contributed by atoms with van der Waals surface area (Å²) in [6, 6.07) is 173. The van der Waals surface area contributed by atoms with Crippen LogP contribution >= 0.6 is 34.0 Å². The number of benzene rings is 21. The molecule has 0 fully saturated rings. The van der Waals surface area contributed by atoms with Crippen molar-refractivity contribution in [3.63, 3.8) is 0 Å². The first-order valence-electron chi connectivity index (χ1n) is 46.1. The van der Waals surface area contributed by atoms with Gasteiger partial charge in [-0.15, -0.1) is 34.0 Å². The number of rotatable bonds is 9. The van der Waals surface area contributed by atoms with Gasteiger partial charge in [0.25, 0.3) is 0 Å². The predicted molar refractivity (Wildman–Crippen MR) is 580 cm³/mol. The first-order valence-corrected chi connectivity index (χ1v) is 48.5. The molecule has 135 heavy (non-hydrogen) atoms. The molecule has 9 heteroatoms. The van der Waals surface area contributed by atoms with Crippen molar-refractivity contribution in [2.24, 2.45) is 0 Å². The maximum Gasteiger partial charge on any atom is 0.0555 e. The van der Waals surface area contributed by atoms with E-state index >= 15 is 0 Å². The van der Waals surface area contributed by atoms with Gasteiger partial charge >= 0.3 is 0 Å². The topological polar surface area (TPSA) is 29.6 Å². The van der Waals surface area contributed by atoms with Crippen LogP contribution in [0.15, 0.2) is 473 Å². The summed E-state index contributed by atoms with van der Waals surface area (Å²) in [5.41, 5.74) is 29.2. The van der Waals surface area contributed by atoms with Gasteiger partial charge in [0.1, 0.15) is 0 Å². The minimum atomic E-state index is 1.18. The lowest BCUT2D eigenvalue weighted by Gasteiger charge is -2.09. The highest BCUT2D eigenvalue weighted by Gasteiger charge is 2.25. The molecule has 0 atom stereocenters. The van der Waals surface area contributed by atoms with Gasteiger partial charge in [0, 0.05) is 159 Å². The molecule has 30 aromatic rings. The van der Waals surface area contributed by atoms with E-state index in [2.05, 4.69) is 501 Å². The van der Waals surface area contributed by atoms with Gasteiger partial charge in [0.15, 0.2) is 0 Å². The minimum absolute atomic E-state index is 1.18. The summed E-state index contributed by atoms with van der Waals surface area (Å²) in [5.74, 6) is 0. The van der Waals surface area contributed by atoms with Gasteiger partial charge in [-0.1, -0.05) is 255 Å². The van der Waals surface area contributed by atoms with E-state index in [4.69, 9.17) is 0 Å². The normalized spacial score (nSPS) is 12.0. The number of fused-ring (bicyclic) bond motifs is 28. The van der Waals surface area contributed by atoms with E-state index in [-0.39, 0.29) is 0 Å². The highest BCUT2D eigenvalue weighted by Crippen LogP contribution is 2.50. The SMILES string of the molecule is c1ccc(-n2c3ccccc3c3cc(-c4ccc5c(c4)c4c6c(ccc4n5-c4ccccc4)sc4ccccc46)ccc32)cc1.c1ccc(-n2c3ccccc3c3cc(-c4ccc5c(c4)c4cc6c(cc4n5-c4ccccc4)sc4ccccc46)ccc32)cc1.c1ccc(-n2c3ccccc3c3cc(-c4ccc5c(c4)c4cc6sc7ccccc7c6cc4n5-c4ccccc4)ccc32)cc1. The molecule has 0 aliphatic rings. The van der Waals surface area contributed by atoms with Crippen molar-refractivity contribution < 1.29 is 0 Å². The molecule has 0 saturated heterocycles. The van der Waals surface area contributed by atoms with Crippen LogP contribution in [0.3, 0.4) is 0 Å². The molecular formula is C126H78N6S3. The maximum absolute atomic E-state index is 2.43. The monoisotopic (exact) mass is 1770 g/mol. The van der Waals surface area contributed by atoms with E-state index < -0.39 is 0 Å². The molecule has 21 aromatic carbocycles. The Hall–Kier alpha value is -16.9. The van der Waals surface area contributed by atoms with Gasteiger partial charge in [0.2, 0.25) is 0 Å². The fraction of sp³-hybridized carbons (Fsp3) is 0. The van der Waals surface area contributed by atoms with Crippen LogP contribution in [0.4, 0.5) is 0 Å². The van der Waals surface area contributed by atoms with E-state index in [1.54, 1.807) is 0 Å². The standard InChI is InChI=1S/3C42H26N2S/c1-3-11-29(12-4-1)43-37-17-9-7-15-31(37)33-23-27(19-21-38(33)43)28-20-22-39-34(24-28)35-26-42-36(32-16-8-10-18-41(32)45-42)25-40(35)44(39)30-13-5-2-6-14-30;1-3-11-29(12-4-1)43-37-17-9-7-15-31(37)33-23-27(19-21-38(33)43)28-20-22-39-34(24-28)35-25-36-32-16-8-10-18-41(32)45-42(36)26-40(35)44(39)30-13-5-2-6-14-30;1-3-11-29(12-4-1)43-35-17-9-7-15-31(35)33-25-27(19-21-36(33)43)28-20-22-37-34(26-28)41-38(44(37)30-13-5-2-6-14-30)23-24-40-42(41)32-16-8-10-18-39(32)45-40/h3*1-26H. The van der Waals surface area contributed by atoms with Crippen LogP contribution in [-0.2, 0) is 0 Å². The molecule has 30 rings (SSSR count). The summed E-state index contributed by atoms with van der Waals surface area (Å²) in [6.07, 6.45) is 0. The number of aromatic nitrogens is 6. The van der Waals surface area contributed by atoms with E-state index in [0.29, 0.717) is 0 Å². The summed E-state index contributed by atoms with van der Waals surface area (Å²) in [5, 5.41) is 23.3. The molecular weight excluding hydrogens is 1690 g/mol. The molecule has 0 aliphatic carbocycles. The summed E-state index contributed by atoms with van der Waals surface area (Å²) < 4.78 is 22.4. The van der Waals surface area contributed by atoms with Gasteiger partial charge in [-0.3, -0.25) is 0 Å². The molecule has 0 aliphatic heterocycles. The third-order valence-corrected chi connectivity index (χ3v) is 31.3. The van der Waals surface area contributed by atoms with Crippen molar-refractivity contribution in [3.8, 4) is 67.5 Å². The Morgan fingerprint density at radius 1 is 0.111 bits per heavy atom. The summed E-state index contributed by atoms with van der Waals surface area (Å²) in [7, 11) is 0. The Bertz CT molecular complexity index is 10000. The predicted octanol–water partition coefficient (Wildman–Crippen LogP) is 35.7. The Morgan fingerprint density at radius 2 is 0.348 bits per heavy atom. The number of hydrogen-bond donors (Lipinski definition) is 0. The van der Waals surface area contributed by atoms with Crippen molar-refractivity contribution in [1.29, 1.82) is 0 Å². The van der Waals surface area contributed by atoms with Crippen molar-refractivity contribution in [1.82, 2.24) is 27.4 Å². The first kappa shape index (κ1) is 76.9. The van der Waals surface area contributed by atoms with Crippen molar-refractivity contribution >= 4 is 225 Å². The quantitative estimate of drug-likeness (QED) is 0.138. The van der Waals surface area contributed by atoms with Crippen LogP contribution in [0.1, 0.15) is 0 Å². The number of thiophene rings is 3. The molecule has 9 aromatic heterocycles. The molecule has 0 spiro atoms. The highest BCUT2D eigenvalue weighted by molar-refractivity contribution is 7.26. The van der Waals surface area contributed by atoms with Crippen LogP contribution in [0.25, 0.3) is 259 Å². The first-order chi connectivity index (χ1) is 67.0. The van der Waals surface area contributed by atoms with E-state index in [1.165, 1.54) is 259 Å². The lowest BCUT2D eigenvalue weighted by molar-refractivity contribution is 1.18. The molecule has 9 heterocycles. The molecule has 630 valence electrons. The third-order valence-electron chi connectivity index (χ3n) is 27.9. The largest absolute Gasteiger partial charge is 0.309 e. The maximum atomic E-state index is 2.43. The zero-order valence-corrected chi connectivity index (χ0v) is 75.4. The summed E-state index contributed by atoms with van der Waals surface area (Å²) >= 11 is 5.64. The second kappa shape index (κ2) is 30.9. The minimum Gasteiger partial charge on any atom is -0.309 e. The van der Waals surface area contributed by atoms with Gasteiger partial charge in [-0.25, -0.2) is 0 Å². The third kappa shape index (κ3) is 12.2. The second-order valence-corrected chi connectivity index (χ2v) is 38.6. The molecule has 0 saturated carbocycles. The van der Waals surface area contributed by atoms with Crippen molar-refractivity contribution in [3.05, 3.63) is 473 Å². The fourth-order valence-electron chi connectivity index (χ4n) is 21.9. The Morgan fingerprint density at radius 3 is 0.726 bits per heavy atom. The summed E-state index contributed by atoms with van der Waals surface area (Å²) in [4.78, 5) is 0. The average Bonchev–Trinajstić information content (AvgIpc) is 1.55. The smallest absolute Gasteiger partial charge is 0.0555 e. The van der Waals surface area contributed by atoms with E-state index in [1.807, 2.05) is 34.0 Å². The molecule has 0 N–H and O–H groups in total. The van der Waals surface area contributed by atoms with E-state index in [0.717, 1.165) is 0 Å².